The third-order valence-electron chi connectivity index (χ3n) is 3.26. The second-order valence-corrected chi connectivity index (χ2v) is 5.52. The van der Waals surface area contributed by atoms with E-state index in [9.17, 15) is 5.11 Å². The van der Waals surface area contributed by atoms with Gasteiger partial charge < -0.3 is 15.7 Å². The molecule has 0 amide bonds. The maximum atomic E-state index is 10.2. The van der Waals surface area contributed by atoms with Crippen LogP contribution in [0.15, 0.2) is 24.3 Å². The van der Waals surface area contributed by atoms with Crippen molar-refractivity contribution in [2.75, 3.05) is 20.6 Å². The number of aliphatic hydroxyl groups is 1. The molecule has 0 aliphatic rings. The molecule has 3 N–H and O–H groups in total. The van der Waals surface area contributed by atoms with Gasteiger partial charge >= 0.3 is 0 Å². The molecule has 0 heterocycles. The van der Waals surface area contributed by atoms with Gasteiger partial charge in [-0.3, -0.25) is 0 Å². The Morgan fingerprint density at radius 2 is 1.61 bits per heavy atom. The highest BCUT2D eigenvalue weighted by atomic mass is 16.3. The van der Waals surface area contributed by atoms with Crippen molar-refractivity contribution in [2.45, 2.75) is 38.3 Å². The van der Waals surface area contributed by atoms with Crippen LogP contribution in [0.1, 0.15) is 43.4 Å². The maximum Gasteiger partial charge on any atom is 0.0941 e. The molecular formula is C15H26N2O. The highest BCUT2D eigenvalue weighted by Gasteiger charge is 2.16. The predicted octanol–water partition coefficient (Wildman–Crippen LogP) is 2.12. The fraction of sp³-hybridized carbons (Fsp3) is 0.600. The van der Waals surface area contributed by atoms with Gasteiger partial charge in [0.2, 0.25) is 0 Å². The summed E-state index contributed by atoms with van der Waals surface area (Å²) in [6.07, 6.45) is 0.214. The van der Waals surface area contributed by atoms with Gasteiger partial charge in [-0.05, 0) is 44.1 Å². The van der Waals surface area contributed by atoms with Gasteiger partial charge in [0.25, 0.3) is 0 Å². The van der Waals surface area contributed by atoms with Crippen LogP contribution in [-0.2, 0) is 0 Å². The first-order valence-electron chi connectivity index (χ1n) is 6.60. The molecule has 0 aliphatic carbocycles. The molecule has 3 heteroatoms. The normalized spacial score (nSPS) is 15.1. The zero-order valence-electron chi connectivity index (χ0n) is 11.9. The van der Waals surface area contributed by atoms with E-state index >= 15 is 0 Å². The molecule has 0 bridgehead atoms. The molecule has 0 aliphatic heterocycles. The lowest BCUT2D eigenvalue weighted by Crippen LogP contribution is -2.32. The van der Waals surface area contributed by atoms with Crippen molar-refractivity contribution in [2.24, 2.45) is 5.73 Å². The lowest BCUT2D eigenvalue weighted by Gasteiger charge is -2.21. The number of rotatable bonds is 6. The Balaban J connectivity index is 2.62. The Labute approximate surface area is 111 Å². The molecule has 1 aromatic carbocycles. The lowest BCUT2D eigenvalue weighted by molar-refractivity contribution is 0.137. The molecule has 2 unspecified atom stereocenters. The molecule has 0 spiro atoms. The Hall–Kier alpha value is -0.900. The summed E-state index contributed by atoms with van der Waals surface area (Å²) in [5.41, 5.74) is 8.21. The van der Waals surface area contributed by atoms with E-state index in [1.807, 2.05) is 26.2 Å². The van der Waals surface area contributed by atoms with E-state index in [-0.39, 0.29) is 6.04 Å². The van der Waals surface area contributed by atoms with Crippen LogP contribution in [0.25, 0.3) is 0 Å². The summed E-state index contributed by atoms with van der Waals surface area (Å²) in [6.45, 7) is 5.21. The van der Waals surface area contributed by atoms with Gasteiger partial charge in [-0.1, -0.05) is 38.1 Å². The Kier molecular flexibility index (Phi) is 5.79. The number of benzene rings is 1. The van der Waals surface area contributed by atoms with Gasteiger partial charge in [-0.2, -0.15) is 0 Å². The minimum absolute atomic E-state index is 0.211. The Morgan fingerprint density at radius 3 is 2.06 bits per heavy atom. The second kappa shape index (κ2) is 6.88. The summed E-state index contributed by atoms with van der Waals surface area (Å²) in [5, 5.41) is 10.2. The molecule has 1 aromatic rings. The van der Waals surface area contributed by atoms with Crippen molar-refractivity contribution < 1.29 is 5.11 Å². The topological polar surface area (TPSA) is 49.5 Å². The van der Waals surface area contributed by atoms with Crippen LogP contribution in [0.3, 0.4) is 0 Å². The molecule has 0 fully saturated rings. The van der Waals surface area contributed by atoms with Gasteiger partial charge in [0.1, 0.15) is 0 Å². The van der Waals surface area contributed by atoms with Gasteiger partial charge in [-0.25, -0.2) is 0 Å². The highest BCUT2D eigenvalue weighted by molar-refractivity contribution is 5.26. The van der Waals surface area contributed by atoms with Crippen LogP contribution in [0.5, 0.6) is 0 Å². The summed E-state index contributed by atoms with van der Waals surface area (Å²) >= 11 is 0. The minimum atomic E-state index is -0.578. The molecule has 3 nitrogen and oxygen atoms in total. The summed E-state index contributed by atoms with van der Waals surface area (Å²) in [7, 11) is 4.02. The van der Waals surface area contributed by atoms with Crippen LogP contribution in [-0.4, -0.2) is 36.7 Å². The lowest BCUT2D eigenvalue weighted by atomic mass is 9.96. The number of nitrogens with two attached hydrogens (primary N) is 1. The summed E-state index contributed by atoms with van der Waals surface area (Å²) in [5.74, 6) is 0.513. The van der Waals surface area contributed by atoms with Crippen molar-refractivity contribution in [3.8, 4) is 0 Å². The molecule has 102 valence electrons. The van der Waals surface area contributed by atoms with E-state index in [0.29, 0.717) is 5.92 Å². The van der Waals surface area contributed by atoms with E-state index in [1.165, 1.54) is 5.56 Å². The molecule has 0 radical (unpaired) electrons. The van der Waals surface area contributed by atoms with Crippen LogP contribution >= 0.6 is 0 Å². The first-order chi connectivity index (χ1) is 8.41. The van der Waals surface area contributed by atoms with Crippen molar-refractivity contribution >= 4 is 0 Å². The Bertz CT molecular complexity index is 346. The smallest absolute Gasteiger partial charge is 0.0941 e. The molecule has 0 saturated heterocycles. The average molecular weight is 250 g/mol. The van der Waals surface area contributed by atoms with E-state index in [2.05, 4.69) is 30.9 Å². The van der Waals surface area contributed by atoms with Crippen molar-refractivity contribution in [1.29, 1.82) is 0 Å². The second-order valence-electron chi connectivity index (χ2n) is 5.52. The van der Waals surface area contributed by atoms with Crippen LogP contribution < -0.4 is 5.73 Å². The fourth-order valence-electron chi connectivity index (χ4n) is 1.89. The molecule has 2 atom stereocenters. The zero-order valence-corrected chi connectivity index (χ0v) is 11.9. The zero-order chi connectivity index (χ0) is 13.7. The van der Waals surface area contributed by atoms with Crippen molar-refractivity contribution in [3.63, 3.8) is 0 Å². The Morgan fingerprint density at radius 1 is 1.11 bits per heavy atom. The van der Waals surface area contributed by atoms with Crippen molar-refractivity contribution in [1.82, 2.24) is 4.90 Å². The maximum absolute atomic E-state index is 10.2. The van der Waals surface area contributed by atoms with E-state index in [1.54, 1.807) is 0 Å². The average Bonchev–Trinajstić information content (AvgIpc) is 2.35. The largest absolute Gasteiger partial charge is 0.387 e. The SMILES string of the molecule is CC(C)c1ccc(C(O)C(N)CCN(C)C)cc1. The fourth-order valence-corrected chi connectivity index (χ4v) is 1.89. The van der Waals surface area contributed by atoms with Crippen LogP contribution in [0.2, 0.25) is 0 Å². The minimum Gasteiger partial charge on any atom is -0.387 e. The quantitative estimate of drug-likeness (QED) is 0.813. The molecule has 0 saturated carbocycles. The number of nitrogens with zero attached hydrogens (tertiary/aromatic N) is 1. The van der Waals surface area contributed by atoms with Crippen molar-refractivity contribution in [3.05, 3.63) is 35.4 Å². The van der Waals surface area contributed by atoms with Crippen LogP contribution in [0.4, 0.5) is 0 Å². The summed E-state index contributed by atoms with van der Waals surface area (Å²) < 4.78 is 0. The van der Waals surface area contributed by atoms with E-state index in [0.717, 1.165) is 18.5 Å². The first kappa shape index (κ1) is 15.2. The summed E-state index contributed by atoms with van der Waals surface area (Å²) in [6, 6.07) is 7.90. The van der Waals surface area contributed by atoms with Gasteiger partial charge in [0.05, 0.1) is 6.10 Å². The number of hydrogen-bond acceptors (Lipinski definition) is 3. The molecule has 1 rings (SSSR count). The number of hydrogen-bond donors (Lipinski definition) is 2. The summed E-state index contributed by atoms with van der Waals surface area (Å²) in [4.78, 5) is 2.08. The molecule has 18 heavy (non-hydrogen) atoms. The molecular weight excluding hydrogens is 224 g/mol. The standard InChI is InChI=1S/C15H26N2O/c1-11(2)12-5-7-13(8-6-12)15(18)14(16)9-10-17(3)4/h5-8,11,14-15,18H,9-10,16H2,1-4H3. The molecule has 0 aromatic heterocycles. The van der Waals surface area contributed by atoms with E-state index < -0.39 is 6.10 Å². The number of aliphatic hydroxyl groups excluding tert-OH is 1. The van der Waals surface area contributed by atoms with Gasteiger partial charge in [0.15, 0.2) is 0 Å². The third kappa shape index (κ3) is 4.41. The predicted molar refractivity (Wildman–Crippen MR) is 76.6 cm³/mol. The van der Waals surface area contributed by atoms with Gasteiger partial charge in [0, 0.05) is 6.04 Å². The monoisotopic (exact) mass is 250 g/mol. The first-order valence-corrected chi connectivity index (χ1v) is 6.60. The van der Waals surface area contributed by atoms with E-state index in [4.69, 9.17) is 5.73 Å². The third-order valence-corrected chi connectivity index (χ3v) is 3.26. The van der Waals surface area contributed by atoms with Crippen LogP contribution in [0, 0.1) is 0 Å². The highest BCUT2D eigenvalue weighted by Crippen LogP contribution is 2.21. The van der Waals surface area contributed by atoms with Gasteiger partial charge in [-0.15, -0.1) is 0 Å².